The van der Waals surface area contributed by atoms with Crippen LogP contribution < -0.4 is 0 Å². The number of carbonyl (C=O) groups is 2. The molecule has 0 rings (SSSR count). The molecule has 1 amide bonds. The maximum Gasteiger partial charge on any atom is 0.325 e. The lowest BCUT2D eigenvalue weighted by Crippen LogP contribution is -2.32. The second-order valence-corrected chi connectivity index (χ2v) is 2.55. The van der Waals surface area contributed by atoms with Crippen LogP contribution in [-0.2, 0) is 14.3 Å². The summed E-state index contributed by atoms with van der Waals surface area (Å²) in [5.41, 5.74) is 0. The van der Waals surface area contributed by atoms with Crippen molar-refractivity contribution in [1.29, 1.82) is 0 Å². The summed E-state index contributed by atoms with van der Waals surface area (Å²) in [6, 6.07) is 0. The average molecular weight is 185 g/mol. The van der Waals surface area contributed by atoms with Crippen LogP contribution in [0.15, 0.2) is 12.7 Å². The van der Waals surface area contributed by atoms with E-state index in [1.54, 1.807) is 14.0 Å². The molecule has 0 saturated carbocycles. The average Bonchev–Trinajstić information content (AvgIpc) is 2.05. The van der Waals surface area contributed by atoms with Crippen molar-refractivity contribution in [3.05, 3.63) is 12.7 Å². The Bertz CT molecular complexity index is 201. The predicted molar refractivity (Wildman–Crippen MR) is 49.1 cm³/mol. The van der Waals surface area contributed by atoms with Crippen molar-refractivity contribution >= 4 is 11.9 Å². The number of hydrogen-bond donors (Lipinski definition) is 0. The normalized spacial score (nSPS) is 9.08. The number of esters is 1. The first-order chi connectivity index (χ1) is 6.11. The van der Waals surface area contributed by atoms with E-state index in [0.29, 0.717) is 6.61 Å². The quantitative estimate of drug-likeness (QED) is 0.465. The minimum Gasteiger partial charge on any atom is -0.465 e. The number of ether oxygens (including phenoxy) is 1. The van der Waals surface area contributed by atoms with E-state index in [2.05, 4.69) is 11.3 Å². The molecule has 0 aliphatic heterocycles. The van der Waals surface area contributed by atoms with E-state index >= 15 is 0 Å². The number of carbonyl (C=O) groups excluding carboxylic acids is 2. The highest BCUT2D eigenvalue weighted by atomic mass is 16.5. The van der Waals surface area contributed by atoms with E-state index in [0.717, 1.165) is 0 Å². The summed E-state index contributed by atoms with van der Waals surface area (Å²) in [6.45, 7) is 5.50. The van der Waals surface area contributed by atoms with Gasteiger partial charge >= 0.3 is 5.97 Å². The van der Waals surface area contributed by atoms with Gasteiger partial charge in [-0.3, -0.25) is 9.59 Å². The second kappa shape index (κ2) is 6.22. The van der Waals surface area contributed by atoms with Crippen LogP contribution in [0, 0.1) is 0 Å². The van der Waals surface area contributed by atoms with Gasteiger partial charge in [0.2, 0.25) is 5.91 Å². The summed E-state index contributed by atoms with van der Waals surface area (Å²) in [5, 5.41) is 0. The van der Waals surface area contributed by atoms with E-state index in [9.17, 15) is 9.59 Å². The van der Waals surface area contributed by atoms with E-state index in [-0.39, 0.29) is 24.8 Å². The minimum atomic E-state index is -0.387. The van der Waals surface area contributed by atoms with Crippen LogP contribution >= 0.6 is 0 Å². The molecule has 0 unspecified atom stereocenters. The molecule has 0 aromatic carbocycles. The molecule has 0 spiro atoms. The third-order valence-electron chi connectivity index (χ3n) is 1.42. The van der Waals surface area contributed by atoms with Gasteiger partial charge in [-0.15, -0.1) is 6.58 Å². The van der Waals surface area contributed by atoms with Crippen molar-refractivity contribution in [2.24, 2.45) is 0 Å². The van der Waals surface area contributed by atoms with Gasteiger partial charge in [0.05, 0.1) is 6.61 Å². The lowest BCUT2D eigenvalue weighted by atomic mass is 10.3. The smallest absolute Gasteiger partial charge is 0.325 e. The summed E-state index contributed by atoms with van der Waals surface area (Å²) in [7, 11) is 1.56. The Hall–Kier alpha value is -1.32. The van der Waals surface area contributed by atoms with Crippen LogP contribution in [0.4, 0.5) is 0 Å². The molecule has 0 atom stereocenters. The molecule has 0 N–H and O–H groups in total. The summed E-state index contributed by atoms with van der Waals surface area (Å²) in [6.07, 6.45) is 1.75. The zero-order valence-electron chi connectivity index (χ0n) is 8.08. The highest BCUT2D eigenvalue weighted by Gasteiger charge is 2.11. The van der Waals surface area contributed by atoms with Gasteiger partial charge in [-0.25, -0.2) is 0 Å². The van der Waals surface area contributed by atoms with Crippen molar-refractivity contribution in [3.63, 3.8) is 0 Å². The number of rotatable bonds is 5. The Balaban J connectivity index is 3.84. The van der Waals surface area contributed by atoms with E-state index in [4.69, 9.17) is 0 Å². The van der Waals surface area contributed by atoms with Gasteiger partial charge in [-0.1, -0.05) is 6.08 Å². The van der Waals surface area contributed by atoms with Crippen LogP contribution in [0.2, 0.25) is 0 Å². The van der Waals surface area contributed by atoms with Gasteiger partial charge in [0, 0.05) is 13.5 Å². The first kappa shape index (κ1) is 11.7. The molecule has 0 aliphatic carbocycles. The molecule has 0 aliphatic rings. The van der Waals surface area contributed by atoms with Gasteiger partial charge in [0.25, 0.3) is 0 Å². The molecular weight excluding hydrogens is 170 g/mol. The minimum absolute atomic E-state index is 0.000509. The second-order valence-electron chi connectivity index (χ2n) is 2.55. The first-order valence-corrected chi connectivity index (χ1v) is 4.12. The standard InChI is InChI=1S/C9H15NO3/c1-4-6-8(11)10(3)7-9(12)13-5-2/h4H,1,5-7H2,2-3H3. The molecule has 0 fully saturated rings. The van der Waals surface area contributed by atoms with Crippen molar-refractivity contribution in [2.45, 2.75) is 13.3 Å². The maximum atomic E-state index is 11.1. The summed E-state index contributed by atoms with van der Waals surface area (Å²) in [4.78, 5) is 23.4. The Morgan fingerprint density at radius 3 is 2.62 bits per heavy atom. The Labute approximate surface area is 78.2 Å². The highest BCUT2D eigenvalue weighted by molar-refractivity contribution is 5.82. The first-order valence-electron chi connectivity index (χ1n) is 4.12. The van der Waals surface area contributed by atoms with Crippen LogP contribution in [0.25, 0.3) is 0 Å². The van der Waals surface area contributed by atoms with Crippen LogP contribution in [-0.4, -0.2) is 37.0 Å². The zero-order valence-corrected chi connectivity index (χ0v) is 8.08. The van der Waals surface area contributed by atoms with Crippen LogP contribution in [0.3, 0.4) is 0 Å². The molecule has 4 heteroatoms. The summed E-state index contributed by atoms with van der Waals surface area (Å²) >= 11 is 0. The number of hydrogen-bond acceptors (Lipinski definition) is 3. The predicted octanol–water partition coefficient (Wildman–Crippen LogP) is 0.584. The molecule has 0 saturated heterocycles. The molecule has 0 heterocycles. The molecule has 0 bridgehead atoms. The largest absolute Gasteiger partial charge is 0.465 e. The van der Waals surface area contributed by atoms with Crippen molar-refractivity contribution in [3.8, 4) is 0 Å². The number of amides is 1. The fraction of sp³-hybridized carbons (Fsp3) is 0.556. The molecular formula is C9H15NO3. The molecule has 74 valence electrons. The summed E-state index contributed by atoms with van der Waals surface area (Å²) < 4.78 is 4.68. The Kier molecular flexibility index (Phi) is 5.59. The summed E-state index contributed by atoms with van der Waals surface area (Å²) in [5.74, 6) is -0.523. The van der Waals surface area contributed by atoms with E-state index in [1.165, 1.54) is 11.0 Å². The fourth-order valence-corrected chi connectivity index (χ4v) is 0.768. The Morgan fingerprint density at radius 2 is 2.15 bits per heavy atom. The van der Waals surface area contributed by atoms with Crippen molar-refractivity contribution in [2.75, 3.05) is 20.2 Å². The molecule has 0 aromatic rings. The van der Waals surface area contributed by atoms with Gasteiger partial charge in [-0.05, 0) is 6.92 Å². The highest BCUT2D eigenvalue weighted by Crippen LogP contribution is 1.92. The van der Waals surface area contributed by atoms with E-state index < -0.39 is 0 Å². The Morgan fingerprint density at radius 1 is 1.54 bits per heavy atom. The van der Waals surface area contributed by atoms with E-state index in [1.807, 2.05) is 0 Å². The lowest BCUT2D eigenvalue weighted by Gasteiger charge is -2.14. The topological polar surface area (TPSA) is 46.6 Å². The van der Waals surface area contributed by atoms with Crippen LogP contribution in [0.1, 0.15) is 13.3 Å². The lowest BCUT2D eigenvalue weighted by molar-refractivity contribution is -0.147. The monoisotopic (exact) mass is 185 g/mol. The number of nitrogens with zero attached hydrogens (tertiary/aromatic N) is 1. The van der Waals surface area contributed by atoms with Gasteiger partial charge in [-0.2, -0.15) is 0 Å². The van der Waals surface area contributed by atoms with Gasteiger partial charge < -0.3 is 9.64 Å². The molecule has 13 heavy (non-hydrogen) atoms. The third kappa shape index (κ3) is 5.00. The SMILES string of the molecule is C=CCC(=O)N(C)CC(=O)OCC. The fourth-order valence-electron chi connectivity index (χ4n) is 0.768. The van der Waals surface area contributed by atoms with Gasteiger partial charge in [0.15, 0.2) is 0 Å². The molecule has 4 nitrogen and oxygen atoms in total. The van der Waals surface area contributed by atoms with Crippen molar-refractivity contribution in [1.82, 2.24) is 4.90 Å². The zero-order chi connectivity index (χ0) is 10.3. The van der Waals surface area contributed by atoms with Crippen LogP contribution in [0.5, 0.6) is 0 Å². The van der Waals surface area contributed by atoms with Crippen molar-refractivity contribution < 1.29 is 14.3 Å². The maximum absolute atomic E-state index is 11.1. The molecule has 0 radical (unpaired) electrons. The molecule has 0 aromatic heterocycles. The van der Waals surface area contributed by atoms with Gasteiger partial charge in [0.1, 0.15) is 6.54 Å². The third-order valence-corrected chi connectivity index (χ3v) is 1.42. The number of likely N-dealkylation sites (N-methyl/N-ethyl adjacent to an activating group) is 1.